The largest absolute Gasteiger partial charge is 0.493 e. The molecule has 0 atom stereocenters. The van der Waals surface area contributed by atoms with Crippen LogP contribution in [0.1, 0.15) is 32.0 Å². The third kappa shape index (κ3) is 4.09. The highest BCUT2D eigenvalue weighted by atomic mass is 32.1. The second kappa shape index (κ2) is 8.79. The maximum Gasteiger partial charge on any atom is 0.419 e. The highest BCUT2D eigenvalue weighted by Gasteiger charge is 2.33. The number of methoxy groups -OCH3 is 1. The van der Waals surface area contributed by atoms with E-state index in [1.807, 2.05) is 11.4 Å². The summed E-state index contributed by atoms with van der Waals surface area (Å²) in [5, 5.41) is 15.6. The van der Waals surface area contributed by atoms with Crippen LogP contribution in [-0.4, -0.2) is 45.5 Å². The van der Waals surface area contributed by atoms with Gasteiger partial charge in [0.05, 0.1) is 31.0 Å². The molecule has 0 fully saturated rings. The van der Waals surface area contributed by atoms with Crippen LogP contribution in [0, 0.1) is 0 Å². The molecule has 0 saturated heterocycles. The fraction of sp³-hybridized carbons (Fsp3) is 0.167. The van der Waals surface area contributed by atoms with Gasteiger partial charge < -0.3 is 14.6 Å². The summed E-state index contributed by atoms with van der Waals surface area (Å²) >= 11 is 1.47. The number of aromatic carboxylic acids is 1. The summed E-state index contributed by atoms with van der Waals surface area (Å²) in [6, 6.07) is 7.72. The molecular weight excluding hydrogens is 499 g/mol. The van der Waals surface area contributed by atoms with Gasteiger partial charge in [-0.05, 0) is 41.3 Å². The Bertz CT molecular complexity index is 1510. The van der Waals surface area contributed by atoms with E-state index in [0.717, 1.165) is 28.4 Å². The molecule has 12 heteroatoms. The van der Waals surface area contributed by atoms with Crippen molar-refractivity contribution in [2.45, 2.75) is 12.6 Å². The summed E-state index contributed by atoms with van der Waals surface area (Å²) in [6.45, 7) is 0.379. The van der Waals surface area contributed by atoms with Crippen molar-refractivity contribution < 1.29 is 37.3 Å². The Morgan fingerprint density at radius 1 is 1.17 bits per heavy atom. The summed E-state index contributed by atoms with van der Waals surface area (Å²) < 4.78 is 50.6. The fourth-order valence-corrected chi connectivity index (χ4v) is 4.93. The molecule has 0 spiro atoms. The van der Waals surface area contributed by atoms with E-state index in [-0.39, 0.29) is 28.2 Å². The number of aromatic nitrogens is 3. The van der Waals surface area contributed by atoms with Gasteiger partial charge >= 0.3 is 18.1 Å². The lowest BCUT2D eigenvalue weighted by Crippen LogP contribution is -2.12. The molecule has 0 radical (unpaired) electrons. The van der Waals surface area contributed by atoms with Crippen molar-refractivity contribution in [3.8, 4) is 33.1 Å². The Morgan fingerprint density at radius 3 is 2.67 bits per heavy atom. The van der Waals surface area contributed by atoms with Crippen molar-refractivity contribution >= 4 is 23.3 Å². The van der Waals surface area contributed by atoms with E-state index in [2.05, 4.69) is 10.1 Å². The lowest BCUT2D eigenvalue weighted by molar-refractivity contribution is -0.137. The van der Waals surface area contributed by atoms with E-state index in [1.165, 1.54) is 35.6 Å². The molecule has 0 unspecified atom stereocenters. The number of thiophene rings is 1. The number of rotatable bonds is 4. The number of carbonyl (C=O) groups is 2. The van der Waals surface area contributed by atoms with Crippen molar-refractivity contribution in [3.63, 3.8) is 0 Å². The molecule has 0 aliphatic carbocycles. The van der Waals surface area contributed by atoms with Gasteiger partial charge in [0.25, 0.3) is 0 Å². The molecule has 0 bridgehead atoms. The Labute approximate surface area is 205 Å². The maximum absolute atomic E-state index is 13.0. The average molecular weight is 515 g/mol. The van der Waals surface area contributed by atoms with E-state index in [0.29, 0.717) is 30.5 Å². The molecule has 4 aromatic rings. The first-order chi connectivity index (χ1) is 17.2. The number of halogens is 3. The van der Waals surface area contributed by atoms with Crippen LogP contribution in [0.2, 0.25) is 0 Å². The zero-order valence-electron chi connectivity index (χ0n) is 18.5. The second-order valence-electron chi connectivity index (χ2n) is 7.80. The SMILES string of the molecule is COC(=O)c1nc(-n2cc(C(F)(F)F)cn2)ccc1-c1cc2c(cc1C(=O)O)-c1sccc1CCO2. The van der Waals surface area contributed by atoms with Crippen LogP contribution < -0.4 is 4.74 Å². The molecule has 3 aromatic heterocycles. The number of hydrogen-bond acceptors (Lipinski definition) is 7. The topological polar surface area (TPSA) is 104 Å². The molecule has 8 nitrogen and oxygen atoms in total. The monoisotopic (exact) mass is 515 g/mol. The van der Waals surface area contributed by atoms with Gasteiger partial charge in [-0.15, -0.1) is 11.3 Å². The zero-order valence-corrected chi connectivity index (χ0v) is 19.3. The van der Waals surface area contributed by atoms with E-state index in [4.69, 9.17) is 9.47 Å². The van der Waals surface area contributed by atoms with E-state index >= 15 is 0 Å². The lowest BCUT2D eigenvalue weighted by Gasteiger charge is -2.15. The number of fused-ring (bicyclic) bond motifs is 3. The minimum absolute atomic E-state index is 0.0826. The highest BCUT2D eigenvalue weighted by Crippen LogP contribution is 2.43. The summed E-state index contributed by atoms with van der Waals surface area (Å²) in [4.78, 5) is 30.0. The van der Waals surface area contributed by atoms with E-state index in [9.17, 15) is 27.9 Å². The molecule has 36 heavy (non-hydrogen) atoms. The smallest absolute Gasteiger partial charge is 0.419 e. The first kappa shape index (κ1) is 23.5. The first-order valence-corrected chi connectivity index (χ1v) is 11.4. The van der Waals surface area contributed by atoms with Crippen molar-refractivity contribution in [1.82, 2.24) is 14.8 Å². The van der Waals surface area contributed by atoms with Gasteiger partial charge in [0.1, 0.15) is 5.75 Å². The number of alkyl halides is 3. The minimum Gasteiger partial charge on any atom is -0.493 e. The Balaban J connectivity index is 1.68. The van der Waals surface area contributed by atoms with Gasteiger partial charge in [-0.25, -0.2) is 19.3 Å². The van der Waals surface area contributed by atoms with Crippen molar-refractivity contribution in [2.75, 3.05) is 13.7 Å². The van der Waals surface area contributed by atoms with Crippen LogP contribution in [0.5, 0.6) is 5.75 Å². The number of pyridine rings is 1. The summed E-state index contributed by atoms with van der Waals surface area (Å²) in [6.07, 6.45) is -2.58. The normalized spacial score (nSPS) is 12.8. The second-order valence-corrected chi connectivity index (χ2v) is 8.72. The molecule has 1 N–H and O–H groups in total. The maximum atomic E-state index is 13.0. The minimum atomic E-state index is -4.61. The summed E-state index contributed by atoms with van der Waals surface area (Å²) in [5.74, 6) is -1.78. The predicted octanol–water partition coefficient (Wildman–Crippen LogP) is 5.10. The molecule has 4 heterocycles. The van der Waals surface area contributed by atoms with E-state index < -0.39 is 23.7 Å². The van der Waals surface area contributed by atoms with Crippen LogP contribution in [0.3, 0.4) is 0 Å². The molecule has 0 amide bonds. The first-order valence-electron chi connectivity index (χ1n) is 10.5. The van der Waals surface area contributed by atoms with Gasteiger partial charge in [-0.1, -0.05) is 0 Å². The number of carbonyl (C=O) groups excluding carboxylic acids is 1. The molecule has 1 aliphatic rings. The van der Waals surface area contributed by atoms with Crippen LogP contribution in [0.15, 0.2) is 48.1 Å². The van der Waals surface area contributed by atoms with Crippen LogP contribution >= 0.6 is 11.3 Å². The van der Waals surface area contributed by atoms with E-state index in [1.54, 1.807) is 0 Å². The van der Waals surface area contributed by atoms with Gasteiger partial charge in [0.2, 0.25) is 0 Å². The quantitative estimate of drug-likeness (QED) is 0.377. The number of benzene rings is 1. The number of ether oxygens (including phenoxy) is 2. The molecule has 184 valence electrons. The Hall–Kier alpha value is -4.19. The summed E-state index contributed by atoms with van der Waals surface area (Å²) in [5.41, 5.74) is 0.562. The standard InChI is InChI=1S/C24H16F3N3O5S/c1-34-23(33)20-14(2-3-19(29-20)30-11-13(10-28-30)24(25,26)27)15-9-18-17(8-16(15)22(31)32)21-12(4-6-35-18)5-7-36-21/h2-3,5,7-11H,4,6H2,1H3,(H,31,32). The van der Waals surface area contributed by atoms with Crippen molar-refractivity contribution in [3.05, 3.63) is 70.5 Å². The number of hydrogen-bond donors (Lipinski definition) is 1. The number of carboxylic acids is 1. The van der Waals surface area contributed by atoms with Crippen molar-refractivity contribution in [2.24, 2.45) is 0 Å². The van der Waals surface area contributed by atoms with Gasteiger partial charge in [0, 0.05) is 34.2 Å². The number of nitrogens with zero attached hydrogens (tertiary/aromatic N) is 3. The van der Waals surface area contributed by atoms with Crippen LogP contribution in [-0.2, 0) is 17.3 Å². The van der Waals surface area contributed by atoms with Gasteiger partial charge in [-0.2, -0.15) is 18.3 Å². The molecule has 1 aliphatic heterocycles. The molecule has 5 rings (SSSR count). The molecular formula is C24H16F3N3O5S. The number of esters is 1. The predicted molar refractivity (Wildman–Crippen MR) is 123 cm³/mol. The Morgan fingerprint density at radius 2 is 1.97 bits per heavy atom. The molecule has 0 saturated carbocycles. The average Bonchev–Trinajstić information content (AvgIpc) is 3.50. The third-order valence-electron chi connectivity index (χ3n) is 5.66. The third-order valence-corrected chi connectivity index (χ3v) is 6.65. The van der Waals surface area contributed by atoms with Gasteiger partial charge in [-0.3, -0.25) is 0 Å². The highest BCUT2D eigenvalue weighted by molar-refractivity contribution is 7.13. The lowest BCUT2D eigenvalue weighted by atomic mass is 9.94. The number of carboxylic acid groups (broad SMARTS) is 1. The molecule has 1 aromatic carbocycles. The van der Waals surface area contributed by atoms with Gasteiger partial charge in [0.15, 0.2) is 11.5 Å². The Kier molecular flexibility index (Phi) is 5.75. The summed E-state index contributed by atoms with van der Waals surface area (Å²) in [7, 11) is 1.12. The fourth-order valence-electron chi connectivity index (χ4n) is 3.96. The van der Waals surface area contributed by atoms with Crippen LogP contribution in [0.4, 0.5) is 13.2 Å². The van der Waals surface area contributed by atoms with Crippen LogP contribution in [0.25, 0.3) is 27.4 Å². The van der Waals surface area contributed by atoms with Crippen molar-refractivity contribution in [1.29, 1.82) is 0 Å². The zero-order chi connectivity index (χ0) is 25.6.